The predicted molar refractivity (Wildman–Crippen MR) is 121 cm³/mol. The van der Waals surface area contributed by atoms with Crippen molar-refractivity contribution in [3.8, 4) is 11.1 Å². The van der Waals surface area contributed by atoms with Crippen molar-refractivity contribution in [3.05, 3.63) is 36.5 Å². The van der Waals surface area contributed by atoms with Crippen LogP contribution in [0.1, 0.15) is 51.4 Å². The zero-order valence-corrected chi connectivity index (χ0v) is 18.5. The topological polar surface area (TPSA) is 82.2 Å². The predicted octanol–water partition coefficient (Wildman–Crippen LogP) is 4.40. The molecule has 1 fully saturated rings. The Labute approximate surface area is 181 Å². The fraction of sp³-hybridized carbons (Fsp3) is 0.478. The molecule has 0 amide bonds. The molecule has 0 atom stereocenters. The van der Waals surface area contributed by atoms with Crippen molar-refractivity contribution >= 4 is 22.6 Å². The van der Waals surface area contributed by atoms with Crippen LogP contribution in [0.3, 0.4) is 0 Å². The fourth-order valence-corrected chi connectivity index (χ4v) is 4.73. The maximum atomic E-state index is 5.47. The van der Waals surface area contributed by atoms with Crippen LogP contribution in [-0.2, 0) is 4.74 Å². The monoisotopic (exact) mass is 419 g/mol. The molecule has 0 bridgehead atoms. The molecule has 4 aromatic rings. The number of methoxy groups -OCH3 is 1. The van der Waals surface area contributed by atoms with E-state index in [-0.39, 0.29) is 0 Å². The summed E-state index contributed by atoms with van der Waals surface area (Å²) >= 11 is 0. The van der Waals surface area contributed by atoms with E-state index in [1.807, 2.05) is 30.0 Å². The summed E-state index contributed by atoms with van der Waals surface area (Å²) in [6.45, 7) is 6.36. The highest BCUT2D eigenvalue weighted by molar-refractivity contribution is 5.85. The minimum absolute atomic E-state index is 0.323. The van der Waals surface area contributed by atoms with Gasteiger partial charge in [-0.25, -0.2) is 19.5 Å². The number of aromatic nitrogens is 6. The van der Waals surface area contributed by atoms with Gasteiger partial charge in [-0.05, 0) is 58.6 Å². The van der Waals surface area contributed by atoms with Gasteiger partial charge in [0.1, 0.15) is 5.82 Å². The average molecular weight is 420 g/mol. The number of hydrogen-bond donors (Lipinski definition) is 1. The van der Waals surface area contributed by atoms with Gasteiger partial charge in [0.05, 0.1) is 23.3 Å². The van der Waals surface area contributed by atoms with Crippen molar-refractivity contribution in [1.82, 2.24) is 29.1 Å². The largest absolute Gasteiger partial charge is 0.381 e. The second kappa shape index (κ2) is 7.92. The third kappa shape index (κ3) is 3.65. The molecule has 31 heavy (non-hydrogen) atoms. The Balaban J connectivity index is 1.43. The SMILES string of the molecule is CO[C@H]1CC[C@@H](Nc2ncc3c(-c4cnc5nc(C)n(C(C)C)c5c4)ccn3n2)CC1. The molecule has 4 heterocycles. The number of anilines is 1. The molecule has 5 rings (SSSR count). The second-order valence-electron chi connectivity index (χ2n) is 8.68. The molecule has 0 saturated heterocycles. The summed E-state index contributed by atoms with van der Waals surface area (Å²) in [6, 6.07) is 4.95. The summed E-state index contributed by atoms with van der Waals surface area (Å²) in [5.41, 5.74) is 4.90. The summed E-state index contributed by atoms with van der Waals surface area (Å²) in [5, 5.41) is 8.18. The highest BCUT2D eigenvalue weighted by Gasteiger charge is 2.21. The van der Waals surface area contributed by atoms with E-state index >= 15 is 0 Å². The van der Waals surface area contributed by atoms with E-state index in [1.165, 1.54) is 0 Å². The van der Waals surface area contributed by atoms with Crippen LogP contribution in [0.5, 0.6) is 0 Å². The molecule has 0 unspecified atom stereocenters. The van der Waals surface area contributed by atoms with Gasteiger partial charge in [-0.1, -0.05) is 0 Å². The van der Waals surface area contributed by atoms with E-state index < -0.39 is 0 Å². The van der Waals surface area contributed by atoms with Crippen molar-refractivity contribution in [2.45, 2.75) is 64.6 Å². The minimum atomic E-state index is 0.323. The van der Waals surface area contributed by atoms with Crippen LogP contribution < -0.4 is 5.32 Å². The summed E-state index contributed by atoms with van der Waals surface area (Å²) < 4.78 is 9.58. The summed E-state index contributed by atoms with van der Waals surface area (Å²) in [6.07, 6.45) is 10.4. The Hall–Kier alpha value is -3.00. The van der Waals surface area contributed by atoms with Gasteiger partial charge in [-0.15, -0.1) is 5.10 Å². The number of imidazole rings is 1. The third-order valence-corrected chi connectivity index (χ3v) is 6.31. The molecule has 0 aliphatic heterocycles. The summed E-state index contributed by atoms with van der Waals surface area (Å²) in [7, 11) is 1.80. The molecule has 0 radical (unpaired) electrons. The van der Waals surface area contributed by atoms with Crippen molar-refractivity contribution in [1.29, 1.82) is 0 Å². The number of fused-ring (bicyclic) bond motifs is 2. The lowest BCUT2D eigenvalue weighted by atomic mass is 9.93. The molecule has 1 saturated carbocycles. The number of nitrogens with one attached hydrogen (secondary N) is 1. The molecule has 0 aromatic carbocycles. The zero-order chi connectivity index (χ0) is 21.5. The maximum Gasteiger partial charge on any atom is 0.241 e. The number of ether oxygens (including phenoxy) is 1. The van der Waals surface area contributed by atoms with Gasteiger partial charge in [-0.3, -0.25) is 0 Å². The van der Waals surface area contributed by atoms with E-state index in [0.29, 0.717) is 24.1 Å². The Morgan fingerprint density at radius 1 is 1.10 bits per heavy atom. The van der Waals surface area contributed by atoms with Crippen LogP contribution in [0.4, 0.5) is 5.95 Å². The number of hydrogen-bond acceptors (Lipinski definition) is 6. The van der Waals surface area contributed by atoms with E-state index in [4.69, 9.17) is 9.84 Å². The molecular weight excluding hydrogens is 390 g/mol. The first-order valence-corrected chi connectivity index (χ1v) is 11.0. The standard InChI is InChI=1S/C23H29N7O/c1-14(2)30-15(3)26-22-20(30)11-16(12-24-22)19-9-10-29-21(19)13-25-23(28-29)27-17-5-7-18(31-4)8-6-17/h9-14,17-18H,5-8H2,1-4H3,(H,27,28)/t17-,18+. The lowest BCUT2D eigenvalue weighted by Crippen LogP contribution is -2.30. The molecule has 162 valence electrons. The van der Waals surface area contributed by atoms with E-state index in [0.717, 1.165) is 59.3 Å². The van der Waals surface area contributed by atoms with Crippen molar-refractivity contribution < 1.29 is 4.74 Å². The van der Waals surface area contributed by atoms with E-state index in [2.05, 4.69) is 50.8 Å². The van der Waals surface area contributed by atoms with Gasteiger partial charge in [0.2, 0.25) is 5.95 Å². The second-order valence-corrected chi connectivity index (χ2v) is 8.68. The number of nitrogens with zero attached hydrogens (tertiary/aromatic N) is 6. The lowest BCUT2D eigenvalue weighted by Gasteiger charge is -2.28. The van der Waals surface area contributed by atoms with Gasteiger partial charge >= 0.3 is 0 Å². The highest BCUT2D eigenvalue weighted by Crippen LogP contribution is 2.29. The maximum absolute atomic E-state index is 5.47. The van der Waals surface area contributed by atoms with Crippen molar-refractivity contribution in [3.63, 3.8) is 0 Å². The molecule has 1 N–H and O–H groups in total. The Kier molecular flexibility index (Phi) is 5.09. The lowest BCUT2D eigenvalue weighted by molar-refractivity contribution is 0.0681. The van der Waals surface area contributed by atoms with Gasteiger partial charge in [0, 0.05) is 42.7 Å². The van der Waals surface area contributed by atoms with Crippen LogP contribution in [0.15, 0.2) is 30.7 Å². The quantitative estimate of drug-likeness (QED) is 0.516. The first-order chi connectivity index (χ1) is 15.0. The molecule has 4 aromatic heterocycles. The molecule has 0 spiro atoms. The van der Waals surface area contributed by atoms with Gasteiger partial charge in [-0.2, -0.15) is 0 Å². The fourth-order valence-electron chi connectivity index (χ4n) is 4.73. The van der Waals surface area contributed by atoms with Crippen LogP contribution in [-0.4, -0.2) is 48.4 Å². The molecule has 8 nitrogen and oxygen atoms in total. The van der Waals surface area contributed by atoms with Gasteiger partial charge in [0.15, 0.2) is 5.65 Å². The van der Waals surface area contributed by atoms with Crippen LogP contribution in [0.25, 0.3) is 27.8 Å². The molecule has 8 heteroatoms. The molecule has 1 aliphatic rings. The number of rotatable bonds is 5. The smallest absolute Gasteiger partial charge is 0.241 e. The van der Waals surface area contributed by atoms with Crippen LogP contribution in [0, 0.1) is 6.92 Å². The zero-order valence-electron chi connectivity index (χ0n) is 18.5. The molecular formula is C23H29N7O. The van der Waals surface area contributed by atoms with Crippen LogP contribution in [0.2, 0.25) is 0 Å². The number of aryl methyl sites for hydroxylation is 1. The van der Waals surface area contributed by atoms with E-state index in [1.54, 1.807) is 7.11 Å². The Morgan fingerprint density at radius 3 is 2.65 bits per heavy atom. The first-order valence-electron chi connectivity index (χ1n) is 11.0. The van der Waals surface area contributed by atoms with Crippen molar-refractivity contribution in [2.24, 2.45) is 0 Å². The normalized spacial score (nSPS) is 19.5. The van der Waals surface area contributed by atoms with Gasteiger partial charge < -0.3 is 14.6 Å². The summed E-state index contributed by atoms with van der Waals surface area (Å²) in [5.74, 6) is 1.65. The third-order valence-electron chi connectivity index (χ3n) is 6.31. The molecule has 1 aliphatic carbocycles. The minimum Gasteiger partial charge on any atom is -0.381 e. The van der Waals surface area contributed by atoms with Crippen molar-refractivity contribution in [2.75, 3.05) is 12.4 Å². The highest BCUT2D eigenvalue weighted by atomic mass is 16.5. The Bertz CT molecular complexity index is 1220. The van der Waals surface area contributed by atoms with Gasteiger partial charge in [0.25, 0.3) is 0 Å². The average Bonchev–Trinajstić information content (AvgIpc) is 3.33. The summed E-state index contributed by atoms with van der Waals surface area (Å²) in [4.78, 5) is 13.8. The van der Waals surface area contributed by atoms with Crippen LogP contribution >= 0.6 is 0 Å². The first kappa shape index (κ1) is 19.9. The van der Waals surface area contributed by atoms with E-state index in [9.17, 15) is 0 Å². The Morgan fingerprint density at radius 2 is 1.90 bits per heavy atom. The number of pyridine rings is 1.